The Morgan fingerprint density at radius 3 is 2.68 bits per heavy atom. The van der Waals surface area contributed by atoms with E-state index in [4.69, 9.17) is 0 Å². The van der Waals surface area contributed by atoms with E-state index < -0.39 is 15.4 Å². The Morgan fingerprint density at radius 1 is 1.14 bits per heavy atom. The molecule has 6 rings (SSSR count). The van der Waals surface area contributed by atoms with Gasteiger partial charge in [0.25, 0.3) is 10.0 Å². The van der Waals surface area contributed by atoms with Gasteiger partial charge in [0.05, 0.1) is 17.6 Å². The van der Waals surface area contributed by atoms with Gasteiger partial charge in [-0.1, -0.05) is 5.57 Å². The molecular formula is C27H27FN6O2S. The minimum atomic E-state index is -3.75. The number of rotatable bonds is 5. The number of halogens is 1. The van der Waals surface area contributed by atoms with E-state index in [1.165, 1.54) is 22.4 Å². The highest BCUT2D eigenvalue weighted by Crippen LogP contribution is 2.47. The zero-order valence-electron chi connectivity index (χ0n) is 20.7. The Morgan fingerprint density at radius 2 is 1.95 bits per heavy atom. The third-order valence-corrected chi connectivity index (χ3v) is 9.11. The lowest BCUT2D eigenvalue weighted by molar-refractivity contribution is 0.207. The lowest BCUT2D eigenvalue weighted by Crippen LogP contribution is -2.50. The predicted octanol–water partition coefficient (Wildman–Crippen LogP) is 3.71. The third-order valence-electron chi connectivity index (χ3n) is 7.37. The summed E-state index contributed by atoms with van der Waals surface area (Å²) in [4.78, 5) is 4.62. The first-order valence-corrected chi connectivity index (χ1v) is 13.6. The maximum Gasteiger partial charge on any atom is 0.262 e. The summed E-state index contributed by atoms with van der Waals surface area (Å²) in [5.41, 5.74) is 5.51. The number of benzene rings is 1. The number of sulfonamides is 1. The molecule has 3 aromatic heterocycles. The summed E-state index contributed by atoms with van der Waals surface area (Å²) in [5.74, 6) is -0.297. The fraction of sp³-hybridized carbons (Fsp3) is 0.296. The fourth-order valence-electron chi connectivity index (χ4n) is 5.57. The van der Waals surface area contributed by atoms with E-state index in [0.29, 0.717) is 32.4 Å². The summed E-state index contributed by atoms with van der Waals surface area (Å²) in [7, 11) is -2.04. The van der Waals surface area contributed by atoms with Crippen LogP contribution in [0.3, 0.4) is 0 Å². The van der Waals surface area contributed by atoms with Crippen LogP contribution in [-0.2, 0) is 29.9 Å². The number of piperidine rings is 1. The third kappa shape index (κ3) is 4.19. The molecule has 190 valence electrons. The smallest absolute Gasteiger partial charge is 0.262 e. The van der Waals surface area contributed by atoms with Crippen molar-refractivity contribution in [3.8, 4) is 5.69 Å². The van der Waals surface area contributed by atoms with Crippen molar-refractivity contribution in [2.24, 2.45) is 12.5 Å². The molecule has 4 aromatic rings. The molecule has 10 heteroatoms. The van der Waals surface area contributed by atoms with Crippen LogP contribution >= 0.6 is 0 Å². The highest BCUT2D eigenvalue weighted by atomic mass is 32.2. The molecule has 0 bridgehead atoms. The average molecular weight is 519 g/mol. The maximum absolute atomic E-state index is 13.6. The lowest BCUT2D eigenvalue weighted by atomic mass is 9.66. The minimum absolute atomic E-state index is 0.0619. The van der Waals surface area contributed by atoms with Crippen molar-refractivity contribution in [3.05, 3.63) is 95.0 Å². The molecule has 1 atom stereocenters. The Bertz CT molecular complexity index is 1620. The van der Waals surface area contributed by atoms with Gasteiger partial charge in [0.15, 0.2) is 5.03 Å². The molecule has 1 saturated heterocycles. The SMILES string of the molecule is Cc1ccnc(C[C@]23Cc4cnn(-c5ccc(F)cc5)c4C=C2CCN(S(=O)(=O)c2ccn(C)n2)C3)c1. The van der Waals surface area contributed by atoms with E-state index in [9.17, 15) is 12.8 Å². The molecule has 1 fully saturated rings. The molecule has 0 saturated carbocycles. The predicted molar refractivity (Wildman–Crippen MR) is 137 cm³/mol. The molecular weight excluding hydrogens is 491 g/mol. The van der Waals surface area contributed by atoms with Crippen LogP contribution in [0, 0.1) is 18.2 Å². The molecule has 2 aliphatic rings. The van der Waals surface area contributed by atoms with Gasteiger partial charge in [-0.3, -0.25) is 9.67 Å². The van der Waals surface area contributed by atoms with Crippen LogP contribution < -0.4 is 0 Å². The van der Waals surface area contributed by atoms with Crippen molar-refractivity contribution in [1.29, 1.82) is 0 Å². The van der Waals surface area contributed by atoms with Crippen molar-refractivity contribution in [3.63, 3.8) is 0 Å². The number of hydrogen-bond donors (Lipinski definition) is 0. The van der Waals surface area contributed by atoms with E-state index in [1.807, 2.05) is 23.9 Å². The Hall–Kier alpha value is -3.63. The van der Waals surface area contributed by atoms with E-state index in [1.54, 1.807) is 41.9 Å². The first kappa shape index (κ1) is 23.7. The summed E-state index contributed by atoms with van der Waals surface area (Å²) in [6.07, 6.45) is 9.25. The van der Waals surface area contributed by atoms with Gasteiger partial charge in [-0.2, -0.15) is 14.5 Å². The molecule has 0 spiro atoms. The van der Waals surface area contributed by atoms with Crippen molar-refractivity contribution < 1.29 is 12.8 Å². The standard InChI is InChI=1S/C27H27FN6O2S/c1-19-7-10-29-23(13-19)16-27-15-20-17-30-34(24-5-3-22(28)4-6-24)25(20)14-21(27)8-12-33(18-27)37(35,36)26-9-11-32(2)31-26/h3-7,9-11,13-14,17H,8,12,15-16,18H2,1-2H3/t27-/m0/s1. The Balaban J connectivity index is 1.42. The van der Waals surface area contributed by atoms with Crippen molar-refractivity contribution >= 4 is 16.1 Å². The summed E-state index contributed by atoms with van der Waals surface area (Å²) in [5, 5.41) is 8.86. The van der Waals surface area contributed by atoms with Gasteiger partial charge < -0.3 is 0 Å². The Labute approximate surface area is 215 Å². The zero-order chi connectivity index (χ0) is 25.8. The molecule has 0 amide bonds. The van der Waals surface area contributed by atoms with Gasteiger partial charge in [0.2, 0.25) is 0 Å². The highest BCUT2D eigenvalue weighted by molar-refractivity contribution is 7.89. The largest absolute Gasteiger partial charge is 0.274 e. The molecule has 1 aliphatic heterocycles. The van der Waals surface area contributed by atoms with Gasteiger partial charge in [0.1, 0.15) is 5.82 Å². The average Bonchev–Trinajstić information content (AvgIpc) is 3.49. The van der Waals surface area contributed by atoms with Gasteiger partial charge in [-0.25, -0.2) is 17.5 Å². The number of aryl methyl sites for hydroxylation is 2. The van der Waals surface area contributed by atoms with Crippen LogP contribution in [0.4, 0.5) is 4.39 Å². The van der Waals surface area contributed by atoms with Crippen LogP contribution in [0.5, 0.6) is 0 Å². The van der Waals surface area contributed by atoms with Crippen LogP contribution in [0.25, 0.3) is 11.8 Å². The first-order chi connectivity index (χ1) is 17.7. The van der Waals surface area contributed by atoms with Gasteiger partial charge >= 0.3 is 0 Å². The van der Waals surface area contributed by atoms with Crippen molar-refractivity contribution in [2.45, 2.75) is 31.2 Å². The first-order valence-electron chi connectivity index (χ1n) is 12.2. The van der Waals surface area contributed by atoms with Gasteiger partial charge in [-0.05, 0) is 79.4 Å². The van der Waals surface area contributed by atoms with Crippen LogP contribution in [0.15, 0.2) is 71.7 Å². The minimum Gasteiger partial charge on any atom is -0.274 e. The monoisotopic (exact) mass is 518 g/mol. The number of fused-ring (bicyclic) bond motifs is 2. The summed E-state index contributed by atoms with van der Waals surface area (Å²) >= 11 is 0. The molecule has 1 aliphatic carbocycles. The summed E-state index contributed by atoms with van der Waals surface area (Å²) in [6, 6.07) is 11.8. The fourth-order valence-corrected chi connectivity index (χ4v) is 7.04. The normalized spacial score (nSPS) is 19.8. The van der Waals surface area contributed by atoms with E-state index >= 15 is 0 Å². The van der Waals surface area contributed by atoms with E-state index in [0.717, 1.165) is 28.2 Å². The van der Waals surface area contributed by atoms with Crippen LogP contribution in [-0.4, -0.2) is 50.4 Å². The summed E-state index contributed by atoms with van der Waals surface area (Å²) < 4.78 is 45.5. The van der Waals surface area contributed by atoms with E-state index in [2.05, 4.69) is 27.3 Å². The summed E-state index contributed by atoms with van der Waals surface area (Å²) in [6.45, 7) is 2.73. The lowest BCUT2D eigenvalue weighted by Gasteiger charge is -2.46. The van der Waals surface area contributed by atoms with Crippen LogP contribution in [0.1, 0.15) is 28.9 Å². The quantitative estimate of drug-likeness (QED) is 0.402. The second-order valence-electron chi connectivity index (χ2n) is 9.99. The molecule has 0 unspecified atom stereocenters. The number of aromatic nitrogens is 5. The molecule has 0 radical (unpaired) electrons. The Kier molecular flexibility index (Phi) is 5.61. The number of hydrogen-bond acceptors (Lipinski definition) is 5. The molecule has 4 heterocycles. The maximum atomic E-state index is 13.6. The van der Waals surface area contributed by atoms with E-state index in [-0.39, 0.29) is 10.8 Å². The molecule has 0 N–H and O–H groups in total. The molecule has 8 nitrogen and oxygen atoms in total. The topological polar surface area (TPSA) is 85.9 Å². The van der Waals surface area contributed by atoms with Gasteiger partial charge in [0, 0.05) is 50.1 Å². The molecule has 37 heavy (non-hydrogen) atoms. The van der Waals surface area contributed by atoms with Gasteiger partial charge in [-0.15, -0.1) is 0 Å². The van der Waals surface area contributed by atoms with Crippen molar-refractivity contribution in [1.82, 2.24) is 28.9 Å². The number of pyridine rings is 1. The second kappa shape index (κ2) is 8.74. The van der Waals surface area contributed by atoms with Crippen molar-refractivity contribution in [2.75, 3.05) is 13.1 Å². The highest BCUT2D eigenvalue weighted by Gasteiger charge is 2.46. The second-order valence-corrected chi connectivity index (χ2v) is 11.9. The number of nitrogens with zero attached hydrogens (tertiary/aromatic N) is 6. The molecule has 1 aromatic carbocycles. The zero-order valence-corrected chi connectivity index (χ0v) is 21.5. The van der Waals surface area contributed by atoms with Crippen LogP contribution in [0.2, 0.25) is 0 Å².